The van der Waals surface area contributed by atoms with E-state index in [-0.39, 0.29) is 0 Å². The van der Waals surface area contributed by atoms with Gasteiger partial charge in [-0.15, -0.1) is 0 Å². The number of hydrogen-bond donors (Lipinski definition) is 1. The molecule has 0 bridgehead atoms. The fourth-order valence-corrected chi connectivity index (χ4v) is 2.85. The maximum atomic E-state index is 10.9. The van der Waals surface area contributed by atoms with Crippen LogP contribution in [0.25, 0.3) is 0 Å². The van der Waals surface area contributed by atoms with E-state index in [1.807, 2.05) is 13.1 Å². The van der Waals surface area contributed by atoms with Gasteiger partial charge in [-0.05, 0) is 19.4 Å². The monoisotopic (exact) mass is 289 g/mol. The zero-order valence-corrected chi connectivity index (χ0v) is 12.5. The maximum absolute atomic E-state index is 10.9. The lowest BCUT2D eigenvalue weighted by Crippen LogP contribution is -2.43. The van der Waals surface area contributed by atoms with E-state index >= 15 is 0 Å². The molecule has 0 atom stereocenters. The number of fused-ring (bicyclic) bond motifs is 2. The van der Waals surface area contributed by atoms with Crippen LogP contribution in [0.4, 0.5) is 0 Å². The molecule has 0 aromatic heterocycles. The van der Waals surface area contributed by atoms with Gasteiger partial charge < -0.3 is 15.1 Å². The number of rotatable bonds is 4. The van der Waals surface area contributed by atoms with E-state index in [1.165, 1.54) is 0 Å². The molecule has 7 nitrogen and oxygen atoms in total. The highest BCUT2D eigenvalue weighted by atomic mass is 16.7. The average Bonchev–Trinajstić information content (AvgIpc) is 2.92. The van der Waals surface area contributed by atoms with E-state index in [4.69, 9.17) is 4.84 Å². The smallest absolute Gasteiger partial charge is 0.211 e. The van der Waals surface area contributed by atoms with Crippen molar-refractivity contribution in [2.24, 2.45) is 4.99 Å². The summed E-state index contributed by atoms with van der Waals surface area (Å²) in [4.78, 5) is 25.1. The second kappa shape index (κ2) is 5.25. The Labute approximate surface area is 123 Å². The van der Waals surface area contributed by atoms with E-state index < -0.39 is 0 Å². The average molecular weight is 289 g/mol. The lowest BCUT2D eigenvalue weighted by Gasteiger charge is -2.40. The first-order valence-electron chi connectivity index (χ1n) is 6.93. The SMILES string of the molecule is CCN1CC(C)=C(NC=O)C2=C1N1CN(OC)C=C1C=N2. The summed E-state index contributed by atoms with van der Waals surface area (Å²) in [5.41, 5.74) is 3.70. The van der Waals surface area contributed by atoms with Crippen LogP contribution >= 0.6 is 0 Å². The number of carbonyl (C=O) groups is 1. The minimum Gasteiger partial charge on any atom is -0.352 e. The summed E-state index contributed by atoms with van der Waals surface area (Å²) in [7, 11) is 1.64. The molecule has 3 rings (SSSR count). The number of hydrogen-bond acceptors (Lipinski definition) is 6. The Morgan fingerprint density at radius 2 is 2.33 bits per heavy atom. The van der Waals surface area contributed by atoms with Crippen LogP contribution in [-0.4, -0.2) is 54.4 Å². The Hall–Kier alpha value is -2.28. The molecule has 0 aromatic rings. The van der Waals surface area contributed by atoms with Crippen LogP contribution in [0.15, 0.2) is 39.7 Å². The van der Waals surface area contributed by atoms with Gasteiger partial charge in [0.15, 0.2) is 0 Å². The van der Waals surface area contributed by atoms with Gasteiger partial charge in [-0.2, -0.15) is 0 Å². The lowest BCUT2D eigenvalue weighted by molar-refractivity contribution is -0.109. The van der Waals surface area contributed by atoms with E-state index in [1.54, 1.807) is 18.4 Å². The molecule has 0 aromatic carbocycles. The van der Waals surface area contributed by atoms with Crippen molar-refractivity contribution >= 4 is 12.6 Å². The van der Waals surface area contributed by atoms with Crippen molar-refractivity contribution in [1.82, 2.24) is 20.2 Å². The number of allylic oxidation sites excluding steroid dienone is 1. The third-order valence-electron chi connectivity index (χ3n) is 3.87. The quantitative estimate of drug-likeness (QED) is 0.767. The molecule has 3 heterocycles. The molecule has 0 unspecified atom stereocenters. The molecule has 1 amide bonds. The standard InChI is InChI=1S/C14H19N5O2/c1-4-17-6-10(2)12(16-8-20)13-14(17)19-9-18(21-3)7-11(19)5-15-13/h5,7-8H,4,6,9H2,1-3H3,(H,16,20). The Kier molecular flexibility index (Phi) is 3.42. The normalized spacial score (nSPS) is 20.7. The number of likely N-dealkylation sites (N-methyl/N-ethyl adjacent to an activating group) is 1. The van der Waals surface area contributed by atoms with E-state index in [0.717, 1.165) is 41.6 Å². The number of carbonyl (C=O) groups excluding carboxylic acids is 1. The third kappa shape index (κ3) is 2.09. The lowest BCUT2D eigenvalue weighted by atomic mass is 10.1. The maximum Gasteiger partial charge on any atom is 0.211 e. The summed E-state index contributed by atoms with van der Waals surface area (Å²) in [5.74, 6) is 1.01. The number of hydroxylamine groups is 2. The van der Waals surface area contributed by atoms with Gasteiger partial charge >= 0.3 is 0 Å². The minimum atomic E-state index is 0.612. The molecule has 0 spiro atoms. The second-order valence-corrected chi connectivity index (χ2v) is 5.09. The van der Waals surface area contributed by atoms with Crippen molar-refractivity contribution in [1.29, 1.82) is 0 Å². The Morgan fingerprint density at radius 1 is 1.52 bits per heavy atom. The first-order chi connectivity index (χ1) is 10.2. The molecule has 0 fully saturated rings. The Bertz CT molecular complexity index is 590. The van der Waals surface area contributed by atoms with Crippen LogP contribution in [-0.2, 0) is 9.63 Å². The van der Waals surface area contributed by atoms with Crippen LogP contribution in [0.5, 0.6) is 0 Å². The Balaban J connectivity index is 2.06. The van der Waals surface area contributed by atoms with Crippen molar-refractivity contribution in [3.63, 3.8) is 0 Å². The summed E-state index contributed by atoms with van der Waals surface area (Å²) >= 11 is 0. The number of nitrogens with zero attached hydrogens (tertiary/aromatic N) is 4. The molecule has 3 aliphatic heterocycles. The van der Waals surface area contributed by atoms with Crippen LogP contribution in [0.3, 0.4) is 0 Å². The van der Waals surface area contributed by atoms with Crippen LogP contribution in [0.1, 0.15) is 13.8 Å². The van der Waals surface area contributed by atoms with Crippen molar-refractivity contribution in [3.8, 4) is 0 Å². The van der Waals surface area contributed by atoms with Crippen molar-refractivity contribution in [2.75, 3.05) is 26.9 Å². The summed E-state index contributed by atoms with van der Waals surface area (Å²) in [6.45, 7) is 6.39. The summed E-state index contributed by atoms with van der Waals surface area (Å²) in [6.07, 6.45) is 4.42. The van der Waals surface area contributed by atoms with Crippen molar-refractivity contribution in [3.05, 3.63) is 34.7 Å². The van der Waals surface area contributed by atoms with Gasteiger partial charge in [0.05, 0.1) is 30.9 Å². The summed E-state index contributed by atoms with van der Waals surface area (Å²) < 4.78 is 0. The third-order valence-corrected chi connectivity index (χ3v) is 3.87. The van der Waals surface area contributed by atoms with Gasteiger partial charge in [-0.3, -0.25) is 9.63 Å². The van der Waals surface area contributed by atoms with E-state index in [9.17, 15) is 4.79 Å². The number of amides is 1. The molecule has 112 valence electrons. The Morgan fingerprint density at radius 3 is 3.00 bits per heavy atom. The molecule has 0 saturated heterocycles. The van der Waals surface area contributed by atoms with Gasteiger partial charge in [0.2, 0.25) is 6.41 Å². The molecule has 3 aliphatic rings. The number of aliphatic imine (C=N–C) groups is 1. The highest BCUT2D eigenvalue weighted by molar-refractivity contribution is 5.82. The second-order valence-electron chi connectivity index (χ2n) is 5.09. The zero-order valence-electron chi connectivity index (χ0n) is 12.5. The van der Waals surface area contributed by atoms with E-state index in [0.29, 0.717) is 13.1 Å². The van der Waals surface area contributed by atoms with Crippen molar-refractivity contribution < 1.29 is 9.63 Å². The van der Waals surface area contributed by atoms with Crippen molar-refractivity contribution in [2.45, 2.75) is 13.8 Å². The topological polar surface area (TPSA) is 60.4 Å². The molecule has 7 heteroatoms. The molecule has 1 N–H and O–H groups in total. The van der Waals surface area contributed by atoms with Gasteiger partial charge in [-0.1, -0.05) is 0 Å². The fourth-order valence-electron chi connectivity index (χ4n) is 2.85. The molecule has 0 aliphatic carbocycles. The van der Waals surface area contributed by atoms with Crippen LogP contribution < -0.4 is 5.32 Å². The van der Waals surface area contributed by atoms with Gasteiger partial charge in [-0.25, -0.2) is 10.1 Å². The van der Waals surface area contributed by atoms with Gasteiger partial charge in [0.1, 0.15) is 18.2 Å². The fraction of sp³-hybridized carbons (Fsp3) is 0.429. The molecule has 0 radical (unpaired) electrons. The molecule has 21 heavy (non-hydrogen) atoms. The van der Waals surface area contributed by atoms with Crippen LogP contribution in [0, 0.1) is 0 Å². The largest absolute Gasteiger partial charge is 0.352 e. The van der Waals surface area contributed by atoms with Gasteiger partial charge in [0.25, 0.3) is 0 Å². The minimum absolute atomic E-state index is 0.612. The highest BCUT2D eigenvalue weighted by Crippen LogP contribution is 2.35. The number of nitrogens with one attached hydrogen (secondary N) is 1. The predicted octanol–water partition coefficient (Wildman–Crippen LogP) is 0.573. The van der Waals surface area contributed by atoms with Gasteiger partial charge in [0, 0.05) is 13.1 Å². The first kappa shape index (κ1) is 13.7. The molecular weight excluding hydrogens is 270 g/mol. The molecule has 0 saturated carbocycles. The van der Waals surface area contributed by atoms with Crippen LogP contribution in [0.2, 0.25) is 0 Å². The summed E-state index contributed by atoms with van der Waals surface area (Å²) in [5, 5.41) is 4.55. The summed E-state index contributed by atoms with van der Waals surface area (Å²) in [6, 6.07) is 0. The first-order valence-corrected chi connectivity index (χ1v) is 6.93. The zero-order chi connectivity index (χ0) is 15.0. The molecular formula is C14H19N5O2. The predicted molar refractivity (Wildman–Crippen MR) is 78.3 cm³/mol. The van der Waals surface area contributed by atoms with E-state index in [2.05, 4.69) is 27.0 Å². The highest BCUT2D eigenvalue weighted by Gasteiger charge is 2.35.